The van der Waals surface area contributed by atoms with Gasteiger partial charge in [-0.15, -0.1) is 16.9 Å². The van der Waals surface area contributed by atoms with E-state index in [1.165, 1.54) is 40.0 Å². The zero-order chi connectivity index (χ0) is 19.7. The van der Waals surface area contributed by atoms with E-state index in [-0.39, 0.29) is 17.9 Å². The average Bonchev–Trinajstić information content (AvgIpc) is 3.01. The molecule has 3 heterocycles. The molecule has 144 valence electrons. The van der Waals surface area contributed by atoms with E-state index >= 15 is 0 Å². The molecule has 2 amide bonds. The number of carboxylic acid groups (broad SMARTS) is 1. The fraction of sp³-hybridized carbons (Fsp3) is 0.500. The number of carbonyl (C=O) groups excluding carboxylic acids is 3. The van der Waals surface area contributed by atoms with E-state index in [0.717, 1.165) is 0 Å². The van der Waals surface area contributed by atoms with Gasteiger partial charge in [0.1, 0.15) is 22.9 Å². The summed E-state index contributed by atoms with van der Waals surface area (Å²) in [5.74, 6) is -1.83. The van der Waals surface area contributed by atoms with Gasteiger partial charge in [0.05, 0.1) is 6.42 Å². The predicted octanol–water partition coefficient (Wildman–Crippen LogP) is -0.980. The largest absolute Gasteiger partial charge is 0.477 e. The van der Waals surface area contributed by atoms with Crippen LogP contribution in [0.3, 0.4) is 0 Å². The quantitative estimate of drug-likeness (QED) is 0.325. The number of β-lactam (4-membered cyclic amide) rings is 1. The zero-order valence-corrected chi connectivity index (χ0v) is 16.0. The fourth-order valence-electron chi connectivity index (χ4n) is 2.74. The van der Waals surface area contributed by atoms with Crippen LogP contribution in [0.5, 0.6) is 0 Å². The second kappa shape index (κ2) is 7.68. The number of rotatable bonds is 7. The van der Waals surface area contributed by atoms with Crippen molar-refractivity contribution in [1.82, 2.24) is 30.4 Å². The van der Waals surface area contributed by atoms with Gasteiger partial charge in [-0.05, 0) is 22.9 Å². The van der Waals surface area contributed by atoms with Gasteiger partial charge >= 0.3 is 5.97 Å². The second-order valence-corrected chi connectivity index (χ2v) is 8.01. The molecule has 27 heavy (non-hydrogen) atoms. The Morgan fingerprint density at radius 3 is 2.74 bits per heavy atom. The molecule has 0 spiro atoms. The Morgan fingerprint density at radius 2 is 2.15 bits per heavy atom. The topological polar surface area (TPSA) is 147 Å². The van der Waals surface area contributed by atoms with E-state index < -0.39 is 29.2 Å². The Labute approximate surface area is 161 Å². The molecule has 2 aliphatic rings. The van der Waals surface area contributed by atoms with Crippen LogP contribution in [-0.4, -0.2) is 76.7 Å². The maximum absolute atomic E-state index is 12.4. The number of hydrogen-bond donors (Lipinski definition) is 2. The van der Waals surface area contributed by atoms with Gasteiger partial charge in [-0.3, -0.25) is 19.3 Å². The van der Waals surface area contributed by atoms with E-state index in [1.54, 1.807) is 7.05 Å². The van der Waals surface area contributed by atoms with Crippen LogP contribution in [-0.2, 0) is 26.2 Å². The van der Waals surface area contributed by atoms with Gasteiger partial charge < -0.3 is 10.4 Å². The first-order valence-corrected chi connectivity index (χ1v) is 9.87. The Hall–Kier alpha value is -2.41. The number of aromatic nitrogens is 4. The minimum Gasteiger partial charge on any atom is -0.477 e. The normalized spacial score (nSPS) is 21.6. The summed E-state index contributed by atoms with van der Waals surface area (Å²) in [6, 6.07) is -0.826. The van der Waals surface area contributed by atoms with Crippen LogP contribution in [0.4, 0.5) is 0 Å². The van der Waals surface area contributed by atoms with Gasteiger partial charge in [-0.2, -0.15) is 0 Å². The lowest BCUT2D eigenvalue weighted by Gasteiger charge is -2.49. The lowest BCUT2D eigenvalue weighted by Crippen LogP contribution is -2.70. The Balaban J connectivity index is 1.73. The summed E-state index contributed by atoms with van der Waals surface area (Å²) < 4.78 is 1.47. The van der Waals surface area contributed by atoms with Crippen LogP contribution in [0.25, 0.3) is 0 Å². The fourth-order valence-corrected chi connectivity index (χ4v) is 5.08. The van der Waals surface area contributed by atoms with Crippen LogP contribution in [0, 0.1) is 0 Å². The van der Waals surface area contributed by atoms with Gasteiger partial charge in [0.25, 0.3) is 5.91 Å². The molecule has 0 aliphatic carbocycles. The SMILES string of the molecule is CC(=O)CC(=O)N[C@@H]1C(=O)N2C(C(=O)O)=C(CSc3nnnn3C)CS[C@H]12. The van der Waals surface area contributed by atoms with Crippen molar-refractivity contribution in [2.75, 3.05) is 11.5 Å². The summed E-state index contributed by atoms with van der Waals surface area (Å²) in [6.07, 6.45) is -0.309. The molecule has 0 radical (unpaired) electrons. The molecule has 1 saturated heterocycles. The van der Waals surface area contributed by atoms with Crippen LogP contribution in [0.2, 0.25) is 0 Å². The van der Waals surface area contributed by atoms with E-state index in [9.17, 15) is 24.3 Å². The molecule has 1 aromatic rings. The molecular weight excluding hydrogens is 396 g/mol. The molecule has 1 fully saturated rings. The van der Waals surface area contributed by atoms with Crippen LogP contribution < -0.4 is 5.32 Å². The monoisotopic (exact) mass is 412 g/mol. The maximum Gasteiger partial charge on any atom is 0.352 e. The van der Waals surface area contributed by atoms with E-state index in [4.69, 9.17) is 0 Å². The average molecular weight is 412 g/mol. The van der Waals surface area contributed by atoms with Crippen LogP contribution in [0.15, 0.2) is 16.4 Å². The number of fused-ring (bicyclic) bond motifs is 1. The number of carbonyl (C=O) groups is 4. The molecule has 2 aliphatic heterocycles. The number of carboxylic acids is 1. The van der Waals surface area contributed by atoms with Crippen molar-refractivity contribution in [3.63, 3.8) is 0 Å². The van der Waals surface area contributed by atoms with Crippen LogP contribution >= 0.6 is 23.5 Å². The minimum atomic E-state index is -1.20. The summed E-state index contributed by atoms with van der Waals surface area (Å²) in [5, 5.41) is 23.2. The predicted molar refractivity (Wildman–Crippen MR) is 94.5 cm³/mol. The molecule has 0 aromatic carbocycles. The van der Waals surface area contributed by atoms with Gasteiger partial charge in [-0.25, -0.2) is 9.48 Å². The number of aryl methyl sites for hydroxylation is 1. The van der Waals surface area contributed by atoms with E-state index in [2.05, 4.69) is 20.8 Å². The maximum atomic E-state index is 12.4. The number of aliphatic carboxylic acids is 1. The van der Waals surface area contributed by atoms with E-state index in [1.807, 2.05) is 0 Å². The van der Waals surface area contributed by atoms with Crippen LogP contribution in [0.1, 0.15) is 13.3 Å². The lowest BCUT2D eigenvalue weighted by molar-refractivity contribution is -0.150. The number of tetrazole rings is 1. The first-order chi connectivity index (χ1) is 12.8. The molecule has 0 bridgehead atoms. The molecule has 0 unspecified atom stereocenters. The molecule has 1 aromatic heterocycles. The Kier molecular flexibility index (Phi) is 5.51. The smallest absolute Gasteiger partial charge is 0.352 e. The van der Waals surface area contributed by atoms with Gasteiger partial charge in [-0.1, -0.05) is 11.8 Å². The van der Waals surface area contributed by atoms with Crippen molar-refractivity contribution >= 4 is 47.1 Å². The summed E-state index contributed by atoms with van der Waals surface area (Å²) >= 11 is 2.64. The second-order valence-electron chi connectivity index (χ2n) is 5.96. The van der Waals surface area contributed by atoms with E-state index in [0.29, 0.717) is 22.2 Å². The standard InChI is InChI=1S/C14H16N6O5S2/c1-6(21)3-8(22)15-9-11(23)20-10(13(24)25)7(4-26-12(9)20)5-27-14-16-17-18-19(14)2/h9,12H,3-5H2,1-2H3,(H,15,22)(H,24,25)/t9-,12-/m1/s1. The summed E-state index contributed by atoms with van der Waals surface area (Å²) in [7, 11) is 1.67. The summed E-state index contributed by atoms with van der Waals surface area (Å²) in [4.78, 5) is 48.2. The Morgan fingerprint density at radius 1 is 1.41 bits per heavy atom. The molecule has 13 heteroatoms. The molecule has 11 nitrogen and oxygen atoms in total. The number of ketones is 1. The summed E-state index contributed by atoms with van der Waals surface area (Å²) in [5.41, 5.74) is 0.516. The van der Waals surface area contributed by atoms with Gasteiger partial charge in [0, 0.05) is 18.6 Å². The van der Waals surface area contributed by atoms with Crippen molar-refractivity contribution in [2.45, 2.75) is 29.9 Å². The third-order valence-electron chi connectivity index (χ3n) is 3.93. The third kappa shape index (κ3) is 3.83. The zero-order valence-electron chi connectivity index (χ0n) is 14.4. The number of hydrogen-bond acceptors (Lipinski definition) is 9. The number of amides is 2. The van der Waals surface area contributed by atoms with Gasteiger partial charge in [0.2, 0.25) is 11.1 Å². The number of thioether (sulfide) groups is 2. The number of Topliss-reactive ketones (excluding diaryl/α,β-unsaturated/α-hetero) is 1. The highest BCUT2D eigenvalue weighted by atomic mass is 32.2. The van der Waals surface area contributed by atoms with Crippen molar-refractivity contribution < 1.29 is 24.3 Å². The Bertz CT molecular complexity index is 853. The minimum absolute atomic E-state index is 0.0663. The van der Waals surface area contributed by atoms with Gasteiger partial charge in [0.15, 0.2) is 0 Å². The molecule has 0 saturated carbocycles. The van der Waals surface area contributed by atoms with Crippen molar-refractivity contribution in [3.8, 4) is 0 Å². The van der Waals surface area contributed by atoms with Crippen molar-refractivity contribution in [1.29, 1.82) is 0 Å². The molecular formula is C14H16N6O5S2. The van der Waals surface area contributed by atoms with Crippen molar-refractivity contribution in [3.05, 3.63) is 11.3 Å². The lowest BCUT2D eigenvalue weighted by atomic mass is 10.0. The highest BCUT2D eigenvalue weighted by molar-refractivity contribution is 8.01. The highest BCUT2D eigenvalue weighted by Crippen LogP contribution is 2.41. The first kappa shape index (κ1) is 19.4. The highest BCUT2D eigenvalue weighted by Gasteiger charge is 2.54. The third-order valence-corrected chi connectivity index (χ3v) is 6.37. The number of nitrogens with zero attached hydrogens (tertiary/aromatic N) is 5. The first-order valence-electron chi connectivity index (χ1n) is 7.83. The molecule has 2 N–H and O–H groups in total. The van der Waals surface area contributed by atoms with Crippen molar-refractivity contribution in [2.24, 2.45) is 7.05 Å². The number of nitrogens with one attached hydrogen (secondary N) is 1. The summed E-state index contributed by atoms with van der Waals surface area (Å²) in [6.45, 7) is 1.28. The molecule has 2 atom stereocenters. The molecule has 3 rings (SSSR count).